The van der Waals surface area contributed by atoms with Crippen LogP contribution < -0.4 is 5.32 Å². The van der Waals surface area contributed by atoms with Crippen LogP contribution in [0.15, 0.2) is 24.3 Å². The first kappa shape index (κ1) is 14.5. The summed E-state index contributed by atoms with van der Waals surface area (Å²) in [5.41, 5.74) is 2.04. The Bertz CT molecular complexity index is 433. The number of rotatable bonds is 1. The molecule has 1 amide bonds. The van der Waals surface area contributed by atoms with E-state index in [1.165, 1.54) is 12.5 Å². The van der Waals surface area contributed by atoms with Gasteiger partial charge in [-0.2, -0.15) is 8.42 Å². The molecular formula is C9H12FNO4S. The maximum absolute atomic E-state index is 10.6. The van der Waals surface area contributed by atoms with Gasteiger partial charge in [-0.1, -0.05) is 21.6 Å². The van der Waals surface area contributed by atoms with E-state index in [1.54, 1.807) is 0 Å². The molecular weight excluding hydrogens is 237 g/mol. The summed E-state index contributed by atoms with van der Waals surface area (Å²) in [7, 11) is -5.17. The van der Waals surface area contributed by atoms with Crippen molar-refractivity contribution in [2.45, 2.75) is 13.8 Å². The summed E-state index contributed by atoms with van der Waals surface area (Å²) < 4.78 is 34.1. The van der Waals surface area contributed by atoms with Crippen molar-refractivity contribution in [3.8, 4) is 0 Å². The molecule has 0 aliphatic heterocycles. The quantitative estimate of drug-likeness (QED) is 0.586. The van der Waals surface area contributed by atoms with Crippen molar-refractivity contribution in [1.29, 1.82) is 0 Å². The van der Waals surface area contributed by atoms with Gasteiger partial charge >= 0.3 is 10.5 Å². The molecule has 0 saturated carbocycles. The molecule has 0 saturated heterocycles. The largest absolute Gasteiger partial charge is 0.435 e. The van der Waals surface area contributed by atoms with E-state index in [4.69, 9.17) is 13.0 Å². The highest BCUT2D eigenvalue weighted by molar-refractivity contribution is 7.80. The first-order valence-electron chi connectivity index (χ1n) is 4.20. The van der Waals surface area contributed by atoms with Gasteiger partial charge in [-0.3, -0.25) is 9.35 Å². The molecule has 0 aliphatic carbocycles. The van der Waals surface area contributed by atoms with Gasteiger partial charge in [0, 0.05) is 12.6 Å². The summed E-state index contributed by atoms with van der Waals surface area (Å²) in [5.74, 6) is -0.0335. The second kappa shape index (κ2) is 6.19. The number of amides is 1. The normalized spacial score (nSPS) is 10.0. The van der Waals surface area contributed by atoms with Crippen molar-refractivity contribution < 1.29 is 21.7 Å². The average Bonchev–Trinajstić information content (AvgIpc) is 2.05. The fourth-order valence-electron chi connectivity index (χ4n) is 0.840. The SMILES string of the molecule is CC(=O)Nc1ccc(C)cc1.O=S(=O)(O)F. The molecule has 2 N–H and O–H groups in total. The van der Waals surface area contributed by atoms with Gasteiger partial charge in [0.15, 0.2) is 0 Å². The molecule has 16 heavy (non-hydrogen) atoms. The highest BCUT2D eigenvalue weighted by Gasteiger charge is 1.92. The number of carbonyl (C=O) groups is 1. The van der Waals surface area contributed by atoms with Gasteiger partial charge in [0.1, 0.15) is 0 Å². The Hall–Kier alpha value is -1.47. The second-order valence-corrected chi connectivity index (χ2v) is 3.78. The van der Waals surface area contributed by atoms with Crippen LogP contribution in [0.2, 0.25) is 0 Å². The summed E-state index contributed by atoms with van der Waals surface area (Å²) in [4.78, 5) is 10.6. The van der Waals surface area contributed by atoms with Crippen LogP contribution in [0.5, 0.6) is 0 Å². The first-order valence-corrected chi connectivity index (χ1v) is 5.54. The Morgan fingerprint density at radius 3 is 2.00 bits per heavy atom. The maximum atomic E-state index is 10.6. The van der Waals surface area contributed by atoms with E-state index >= 15 is 0 Å². The number of hydrogen-bond donors (Lipinski definition) is 2. The molecule has 5 nitrogen and oxygen atoms in total. The van der Waals surface area contributed by atoms with Gasteiger partial charge in [0.25, 0.3) is 0 Å². The molecule has 0 radical (unpaired) electrons. The molecule has 1 aromatic carbocycles. The Morgan fingerprint density at radius 1 is 1.31 bits per heavy atom. The third-order valence-electron chi connectivity index (χ3n) is 1.37. The lowest BCUT2D eigenvalue weighted by Gasteiger charge is -2.00. The van der Waals surface area contributed by atoms with Crippen molar-refractivity contribution in [2.24, 2.45) is 0 Å². The lowest BCUT2D eigenvalue weighted by Crippen LogP contribution is -2.05. The molecule has 0 fully saturated rings. The molecule has 1 aromatic rings. The minimum absolute atomic E-state index is 0.0335. The molecule has 0 aliphatic rings. The van der Waals surface area contributed by atoms with Crippen LogP contribution in [0.3, 0.4) is 0 Å². The second-order valence-electron chi connectivity index (χ2n) is 2.96. The van der Waals surface area contributed by atoms with E-state index in [0.29, 0.717) is 0 Å². The van der Waals surface area contributed by atoms with E-state index in [2.05, 4.69) is 5.32 Å². The summed E-state index contributed by atoms with van der Waals surface area (Å²) in [6.07, 6.45) is 0. The molecule has 1 rings (SSSR count). The number of aryl methyl sites for hydroxylation is 1. The number of carbonyl (C=O) groups excluding carboxylic acids is 1. The topological polar surface area (TPSA) is 83.5 Å². The van der Waals surface area contributed by atoms with E-state index in [-0.39, 0.29) is 5.91 Å². The van der Waals surface area contributed by atoms with E-state index in [1.807, 2.05) is 31.2 Å². The molecule has 7 heteroatoms. The number of nitrogens with one attached hydrogen (secondary N) is 1. The van der Waals surface area contributed by atoms with Crippen LogP contribution in [0.4, 0.5) is 9.57 Å². The summed E-state index contributed by atoms with van der Waals surface area (Å²) in [6, 6.07) is 7.70. The summed E-state index contributed by atoms with van der Waals surface area (Å²) in [6.45, 7) is 3.51. The number of halogens is 1. The summed E-state index contributed by atoms with van der Waals surface area (Å²) in [5, 5.41) is 2.69. The fraction of sp³-hybridized carbons (Fsp3) is 0.222. The van der Waals surface area contributed by atoms with Gasteiger partial charge < -0.3 is 5.32 Å². The Labute approximate surface area is 93.3 Å². The number of hydrogen-bond acceptors (Lipinski definition) is 3. The lowest BCUT2D eigenvalue weighted by atomic mass is 10.2. The smallest absolute Gasteiger partial charge is 0.326 e. The molecule has 90 valence electrons. The molecule has 0 heterocycles. The fourth-order valence-corrected chi connectivity index (χ4v) is 0.840. The predicted octanol–water partition coefficient (Wildman–Crippen LogP) is 1.71. The Morgan fingerprint density at radius 2 is 1.69 bits per heavy atom. The van der Waals surface area contributed by atoms with E-state index in [9.17, 15) is 8.68 Å². The summed E-state index contributed by atoms with van der Waals surface area (Å²) >= 11 is 0. The van der Waals surface area contributed by atoms with Crippen LogP contribution in [0.1, 0.15) is 12.5 Å². The van der Waals surface area contributed by atoms with Crippen molar-refractivity contribution in [3.05, 3.63) is 29.8 Å². The predicted molar refractivity (Wildman–Crippen MR) is 58.1 cm³/mol. The third-order valence-corrected chi connectivity index (χ3v) is 1.37. The minimum atomic E-state index is -5.17. The molecule has 0 bridgehead atoms. The number of benzene rings is 1. The van der Waals surface area contributed by atoms with Gasteiger partial charge in [-0.25, -0.2) is 0 Å². The minimum Gasteiger partial charge on any atom is -0.326 e. The third kappa shape index (κ3) is 10.6. The van der Waals surface area contributed by atoms with Gasteiger partial charge in [-0.05, 0) is 19.1 Å². The molecule has 0 aromatic heterocycles. The highest BCUT2D eigenvalue weighted by atomic mass is 32.3. The average molecular weight is 249 g/mol. The standard InChI is InChI=1S/C9H11NO.FHO3S/c1-7-3-5-9(6-4-7)10-8(2)11;1-5(2,3)4/h3-6H,1-2H3,(H,10,11);(H,2,3,4). The van der Waals surface area contributed by atoms with Gasteiger partial charge in [0.05, 0.1) is 0 Å². The van der Waals surface area contributed by atoms with Crippen molar-refractivity contribution in [3.63, 3.8) is 0 Å². The Balaban J connectivity index is 0.000000385. The van der Waals surface area contributed by atoms with Crippen molar-refractivity contribution in [1.82, 2.24) is 0 Å². The Kier molecular flexibility index (Phi) is 5.62. The van der Waals surface area contributed by atoms with Gasteiger partial charge in [-0.15, -0.1) is 0 Å². The van der Waals surface area contributed by atoms with Crippen LogP contribution in [-0.4, -0.2) is 18.9 Å². The zero-order chi connectivity index (χ0) is 12.8. The monoisotopic (exact) mass is 249 g/mol. The van der Waals surface area contributed by atoms with E-state index in [0.717, 1.165) is 5.69 Å². The van der Waals surface area contributed by atoms with Crippen molar-refractivity contribution >= 4 is 22.1 Å². The van der Waals surface area contributed by atoms with Crippen LogP contribution >= 0.6 is 0 Å². The molecule has 0 spiro atoms. The van der Waals surface area contributed by atoms with Gasteiger partial charge in [0.2, 0.25) is 5.91 Å². The van der Waals surface area contributed by atoms with Crippen LogP contribution in [-0.2, 0) is 15.3 Å². The maximum Gasteiger partial charge on any atom is 0.435 e. The number of anilines is 1. The zero-order valence-electron chi connectivity index (χ0n) is 8.77. The van der Waals surface area contributed by atoms with Crippen LogP contribution in [0, 0.1) is 6.92 Å². The highest BCUT2D eigenvalue weighted by Crippen LogP contribution is 2.07. The van der Waals surface area contributed by atoms with Crippen molar-refractivity contribution in [2.75, 3.05) is 5.32 Å². The lowest BCUT2D eigenvalue weighted by molar-refractivity contribution is -0.114. The first-order chi connectivity index (χ1) is 7.18. The van der Waals surface area contributed by atoms with E-state index < -0.39 is 10.5 Å². The zero-order valence-corrected chi connectivity index (χ0v) is 9.58. The molecule has 0 atom stereocenters. The van der Waals surface area contributed by atoms with Crippen LogP contribution in [0.25, 0.3) is 0 Å². The molecule has 0 unspecified atom stereocenters.